The first-order chi connectivity index (χ1) is 18.2. The molecule has 37 heavy (non-hydrogen) atoms. The van der Waals surface area contributed by atoms with Crippen LogP contribution in [0.3, 0.4) is 0 Å². The van der Waals surface area contributed by atoms with E-state index in [0.29, 0.717) is 18.8 Å². The quantitative estimate of drug-likeness (QED) is 0.328. The monoisotopic (exact) mass is 509 g/mol. The van der Waals surface area contributed by atoms with Gasteiger partial charge in [0.25, 0.3) is 5.91 Å². The molecule has 1 saturated heterocycles. The van der Waals surface area contributed by atoms with Crippen molar-refractivity contribution in [3.8, 4) is 11.1 Å². The zero-order valence-electron chi connectivity index (χ0n) is 20.4. The number of nitrogens with one attached hydrogen (secondary N) is 1. The molecule has 1 N–H and O–H groups in total. The minimum absolute atomic E-state index is 0.162. The summed E-state index contributed by atoms with van der Waals surface area (Å²) < 4.78 is 2.00. The van der Waals surface area contributed by atoms with E-state index in [1.807, 2.05) is 59.3 Å². The third-order valence-corrected chi connectivity index (χ3v) is 7.61. The Bertz CT molecular complexity index is 1450. The van der Waals surface area contributed by atoms with Crippen molar-refractivity contribution < 1.29 is 4.79 Å². The molecule has 186 valence electrons. The number of carbonyl (C=O) groups is 1. The van der Waals surface area contributed by atoms with E-state index in [0.717, 1.165) is 52.0 Å². The van der Waals surface area contributed by atoms with Crippen LogP contribution in [0.2, 0.25) is 0 Å². The number of carbonyl (C=O) groups excluding carboxylic acids is 1. The summed E-state index contributed by atoms with van der Waals surface area (Å²) in [5, 5.41) is 17.8. The van der Waals surface area contributed by atoms with Crippen molar-refractivity contribution in [3.63, 3.8) is 0 Å². The van der Waals surface area contributed by atoms with Crippen LogP contribution < -0.4 is 10.2 Å². The zero-order valence-corrected chi connectivity index (χ0v) is 21.2. The molecule has 2 aromatic carbocycles. The van der Waals surface area contributed by atoms with Gasteiger partial charge in [0.05, 0.1) is 18.0 Å². The van der Waals surface area contributed by atoms with E-state index in [9.17, 15) is 4.79 Å². The van der Waals surface area contributed by atoms with Crippen molar-refractivity contribution in [2.24, 2.45) is 15.4 Å². The third kappa shape index (κ3) is 5.22. The molecular weight excluding hydrogens is 482 g/mol. The smallest absolute Gasteiger partial charge is 0.272 e. The van der Waals surface area contributed by atoms with E-state index in [4.69, 9.17) is 4.98 Å². The number of nitrogens with zero attached hydrogens (tertiary/aromatic N) is 6. The van der Waals surface area contributed by atoms with Gasteiger partial charge >= 0.3 is 0 Å². The molecule has 4 heterocycles. The maximum atomic E-state index is 13.5. The number of benzene rings is 2. The molecule has 0 bridgehead atoms. The Hall–Kier alpha value is -4.11. The molecule has 0 atom stereocenters. The molecule has 4 aromatic rings. The second-order valence-corrected chi connectivity index (χ2v) is 10.1. The fourth-order valence-corrected chi connectivity index (χ4v) is 5.57. The van der Waals surface area contributed by atoms with Crippen LogP contribution >= 0.6 is 11.3 Å². The Kier molecular flexibility index (Phi) is 6.60. The van der Waals surface area contributed by atoms with Gasteiger partial charge in [-0.05, 0) is 48.2 Å². The molecule has 0 spiro atoms. The molecule has 6 rings (SSSR count). The highest BCUT2D eigenvalue weighted by Gasteiger charge is 2.19. The molecule has 9 heteroatoms. The second kappa shape index (κ2) is 10.5. The average molecular weight is 510 g/mol. The zero-order chi connectivity index (χ0) is 25.0. The van der Waals surface area contributed by atoms with Gasteiger partial charge in [-0.15, -0.1) is 16.4 Å². The molecule has 1 amide bonds. The Labute approximate surface area is 219 Å². The molecule has 2 aromatic heterocycles. The summed E-state index contributed by atoms with van der Waals surface area (Å²) in [5.74, 6) is -0.162. The molecular formula is C28H27N7OS. The number of piperidine rings is 1. The highest BCUT2D eigenvalue weighted by atomic mass is 32.1. The number of hydrogen-bond acceptors (Lipinski definition) is 7. The van der Waals surface area contributed by atoms with Crippen LogP contribution in [0.1, 0.15) is 41.0 Å². The van der Waals surface area contributed by atoms with Crippen molar-refractivity contribution in [1.82, 2.24) is 9.55 Å². The Morgan fingerprint density at radius 1 is 0.946 bits per heavy atom. The number of hydrogen-bond donors (Lipinski definition) is 1. The molecule has 1 fully saturated rings. The number of rotatable bonds is 7. The fourth-order valence-electron chi connectivity index (χ4n) is 4.70. The highest BCUT2D eigenvalue weighted by Crippen LogP contribution is 2.27. The summed E-state index contributed by atoms with van der Waals surface area (Å²) in [5.41, 5.74) is 6.12. The Balaban J connectivity index is 1.24. The average Bonchev–Trinajstić information content (AvgIpc) is 3.72. The molecule has 0 saturated carbocycles. The maximum Gasteiger partial charge on any atom is 0.272 e. The van der Waals surface area contributed by atoms with Gasteiger partial charge < -0.3 is 14.8 Å². The highest BCUT2D eigenvalue weighted by molar-refractivity contribution is 7.13. The van der Waals surface area contributed by atoms with E-state index < -0.39 is 0 Å². The van der Waals surface area contributed by atoms with Crippen molar-refractivity contribution in [1.29, 1.82) is 0 Å². The summed E-state index contributed by atoms with van der Waals surface area (Å²) in [6.45, 7) is 3.15. The minimum atomic E-state index is -0.162. The van der Waals surface area contributed by atoms with Gasteiger partial charge in [-0.2, -0.15) is 5.11 Å². The number of anilines is 2. The molecule has 0 unspecified atom stereocenters. The summed E-state index contributed by atoms with van der Waals surface area (Å²) in [6, 6.07) is 19.7. The summed E-state index contributed by atoms with van der Waals surface area (Å²) in [6.07, 6.45) is 5.77. The minimum Gasteiger partial charge on any atom is -0.348 e. The number of thiazole rings is 1. The molecule has 0 aliphatic carbocycles. The lowest BCUT2D eigenvalue weighted by Gasteiger charge is -2.25. The van der Waals surface area contributed by atoms with Crippen LogP contribution in [-0.4, -0.2) is 40.8 Å². The van der Waals surface area contributed by atoms with E-state index in [-0.39, 0.29) is 5.91 Å². The molecule has 8 nitrogen and oxygen atoms in total. The lowest BCUT2D eigenvalue weighted by molar-refractivity contribution is 0.101. The SMILES string of the molecule is O=C(Nc1ccc(C2=NN=NC2)cc1)c1cc(-c2ccccc2)cn1Cc1csc(N2CCCCC2)n1. The first-order valence-electron chi connectivity index (χ1n) is 12.5. The van der Waals surface area contributed by atoms with Crippen LogP contribution in [0.5, 0.6) is 0 Å². The van der Waals surface area contributed by atoms with E-state index in [1.165, 1.54) is 19.3 Å². The van der Waals surface area contributed by atoms with Crippen molar-refractivity contribution in [3.05, 3.63) is 89.2 Å². The van der Waals surface area contributed by atoms with Crippen LogP contribution in [-0.2, 0) is 6.54 Å². The van der Waals surface area contributed by atoms with Crippen molar-refractivity contribution >= 4 is 33.8 Å². The Morgan fingerprint density at radius 3 is 2.51 bits per heavy atom. The number of amides is 1. The second-order valence-electron chi connectivity index (χ2n) is 9.24. The van der Waals surface area contributed by atoms with Crippen molar-refractivity contribution in [2.45, 2.75) is 25.8 Å². The lowest BCUT2D eigenvalue weighted by atomic mass is 10.1. The van der Waals surface area contributed by atoms with Gasteiger partial charge in [0.15, 0.2) is 5.13 Å². The normalized spacial score (nSPS) is 15.1. The largest absolute Gasteiger partial charge is 0.348 e. The van der Waals surface area contributed by atoms with Crippen LogP contribution in [0, 0.1) is 0 Å². The van der Waals surface area contributed by atoms with Gasteiger partial charge in [0.2, 0.25) is 0 Å². The van der Waals surface area contributed by atoms with Gasteiger partial charge in [-0.25, -0.2) is 4.98 Å². The molecule has 0 radical (unpaired) electrons. The lowest BCUT2D eigenvalue weighted by Crippen LogP contribution is -2.29. The van der Waals surface area contributed by atoms with E-state index >= 15 is 0 Å². The predicted octanol–water partition coefficient (Wildman–Crippen LogP) is 6.07. The first kappa shape index (κ1) is 23.3. The fraction of sp³-hybridized carbons (Fsp3) is 0.250. The standard InChI is InChI=1S/C28H27N7OS/c36-27(30-23-11-9-21(10-12-23)25-16-29-33-32-25)26-15-22(20-7-3-1-4-8-20)17-35(26)18-24-19-37-28(31-24)34-13-5-2-6-14-34/h1,3-4,7-12,15,17,19H,2,5-6,13-14,16,18H2,(H,30,36). The summed E-state index contributed by atoms with van der Waals surface area (Å²) in [4.78, 5) is 20.7. The molecule has 2 aliphatic rings. The topological polar surface area (TPSA) is 87.2 Å². The van der Waals surface area contributed by atoms with Gasteiger partial charge in [0.1, 0.15) is 12.2 Å². The Morgan fingerprint density at radius 2 is 1.76 bits per heavy atom. The predicted molar refractivity (Wildman–Crippen MR) is 148 cm³/mol. The third-order valence-electron chi connectivity index (χ3n) is 6.66. The van der Waals surface area contributed by atoms with Gasteiger partial charge in [-0.1, -0.05) is 42.5 Å². The van der Waals surface area contributed by atoms with Crippen molar-refractivity contribution in [2.75, 3.05) is 29.9 Å². The van der Waals surface area contributed by atoms with Gasteiger partial charge in [-0.3, -0.25) is 4.79 Å². The van der Waals surface area contributed by atoms with Crippen LogP contribution in [0.25, 0.3) is 11.1 Å². The number of aromatic nitrogens is 2. The molecule has 2 aliphatic heterocycles. The van der Waals surface area contributed by atoms with E-state index in [2.05, 4.69) is 43.2 Å². The first-order valence-corrected chi connectivity index (χ1v) is 13.4. The summed E-state index contributed by atoms with van der Waals surface area (Å²) in [7, 11) is 0. The summed E-state index contributed by atoms with van der Waals surface area (Å²) >= 11 is 1.68. The maximum absolute atomic E-state index is 13.5. The van der Waals surface area contributed by atoms with Crippen LogP contribution in [0.15, 0.2) is 87.7 Å². The van der Waals surface area contributed by atoms with Crippen LogP contribution in [0.4, 0.5) is 10.8 Å². The van der Waals surface area contributed by atoms with Gasteiger partial charge in [0, 0.05) is 41.5 Å². The van der Waals surface area contributed by atoms with E-state index in [1.54, 1.807) is 11.3 Å².